The number of ether oxygens (including phenoxy) is 1. The van der Waals surface area contributed by atoms with Gasteiger partial charge in [-0.05, 0) is 66.2 Å². The lowest BCUT2D eigenvalue weighted by Crippen LogP contribution is -2.32. The van der Waals surface area contributed by atoms with Gasteiger partial charge in [-0.15, -0.1) is 0 Å². The standard InChI is InChI=1S/C23H16ClFN4O3/c24-20-2-1-3-21(25)19(20)14-32-18-10-6-16(7-11-18)13-27-29-23(31)22(30)28-17-8-4-15(12-26)5-9-17/h1-11,13H,14H2,(H,28,30)(H,29,31). The Morgan fingerprint density at radius 3 is 2.44 bits per heavy atom. The summed E-state index contributed by atoms with van der Waals surface area (Å²) < 4.78 is 19.3. The molecule has 0 atom stereocenters. The summed E-state index contributed by atoms with van der Waals surface area (Å²) in [5.74, 6) is -1.80. The SMILES string of the molecule is N#Cc1ccc(NC(=O)C(=O)NN=Cc2ccc(OCc3c(F)cccc3Cl)cc2)cc1. The van der Waals surface area contributed by atoms with Crippen LogP contribution in [-0.2, 0) is 16.2 Å². The summed E-state index contributed by atoms with van der Waals surface area (Å²) in [6, 6.07) is 19.1. The summed E-state index contributed by atoms with van der Waals surface area (Å²) in [7, 11) is 0. The van der Waals surface area contributed by atoms with Crippen LogP contribution in [0.15, 0.2) is 71.8 Å². The third-order valence-corrected chi connectivity index (χ3v) is 4.54. The molecule has 3 aromatic carbocycles. The number of hydrogen-bond acceptors (Lipinski definition) is 5. The number of carbonyl (C=O) groups is 2. The molecule has 0 fully saturated rings. The molecule has 0 spiro atoms. The minimum atomic E-state index is -0.952. The van der Waals surface area contributed by atoms with E-state index in [0.717, 1.165) is 0 Å². The summed E-state index contributed by atoms with van der Waals surface area (Å²) in [5, 5.41) is 15.2. The van der Waals surface area contributed by atoms with Gasteiger partial charge in [0.25, 0.3) is 0 Å². The van der Waals surface area contributed by atoms with Gasteiger partial charge in [0.05, 0.1) is 22.9 Å². The number of rotatable bonds is 6. The molecule has 0 saturated carbocycles. The molecule has 0 heterocycles. The van der Waals surface area contributed by atoms with Gasteiger partial charge in [0.2, 0.25) is 0 Å². The summed E-state index contributed by atoms with van der Waals surface area (Å²) >= 11 is 5.97. The molecule has 0 aliphatic heterocycles. The lowest BCUT2D eigenvalue weighted by molar-refractivity contribution is -0.136. The molecule has 3 aromatic rings. The van der Waals surface area contributed by atoms with Crippen LogP contribution in [-0.4, -0.2) is 18.0 Å². The van der Waals surface area contributed by atoms with Gasteiger partial charge in [0.1, 0.15) is 18.2 Å². The zero-order valence-electron chi connectivity index (χ0n) is 16.5. The molecule has 3 rings (SSSR count). The van der Waals surface area contributed by atoms with Gasteiger partial charge in [-0.3, -0.25) is 9.59 Å². The summed E-state index contributed by atoms with van der Waals surface area (Å²) in [5.41, 5.74) is 3.84. The number of anilines is 1. The molecule has 7 nitrogen and oxygen atoms in total. The van der Waals surface area contributed by atoms with E-state index in [9.17, 15) is 14.0 Å². The van der Waals surface area contributed by atoms with Crippen molar-refractivity contribution < 1.29 is 18.7 Å². The van der Waals surface area contributed by atoms with Gasteiger partial charge >= 0.3 is 11.8 Å². The van der Waals surface area contributed by atoms with E-state index >= 15 is 0 Å². The first-order valence-electron chi connectivity index (χ1n) is 9.26. The van der Waals surface area contributed by atoms with E-state index in [4.69, 9.17) is 21.6 Å². The Labute approximate surface area is 188 Å². The van der Waals surface area contributed by atoms with Gasteiger partial charge in [-0.25, -0.2) is 9.82 Å². The maximum Gasteiger partial charge on any atom is 0.329 e. The largest absolute Gasteiger partial charge is 0.489 e. The maximum absolute atomic E-state index is 13.8. The van der Waals surface area contributed by atoms with Crippen LogP contribution >= 0.6 is 11.6 Å². The number of halogens is 2. The lowest BCUT2D eigenvalue weighted by atomic mass is 10.2. The molecule has 0 saturated heterocycles. The maximum atomic E-state index is 13.8. The van der Waals surface area contributed by atoms with E-state index in [1.54, 1.807) is 30.3 Å². The van der Waals surface area contributed by atoms with Crippen molar-refractivity contribution in [3.8, 4) is 11.8 Å². The number of hydrazone groups is 1. The Bertz CT molecular complexity index is 1170. The van der Waals surface area contributed by atoms with Gasteiger partial charge in [0.15, 0.2) is 0 Å². The van der Waals surface area contributed by atoms with Gasteiger partial charge in [-0.1, -0.05) is 17.7 Å². The van der Waals surface area contributed by atoms with Crippen LogP contribution in [0.4, 0.5) is 10.1 Å². The molecule has 0 radical (unpaired) electrons. The topological polar surface area (TPSA) is 104 Å². The smallest absolute Gasteiger partial charge is 0.329 e. The molecule has 0 aliphatic rings. The number of amides is 2. The molecule has 0 bridgehead atoms. The van der Waals surface area contributed by atoms with Crippen molar-refractivity contribution in [3.63, 3.8) is 0 Å². The zero-order valence-corrected chi connectivity index (χ0v) is 17.3. The number of carbonyl (C=O) groups excluding carboxylic acids is 2. The first-order chi connectivity index (χ1) is 15.5. The van der Waals surface area contributed by atoms with Crippen LogP contribution in [0.2, 0.25) is 5.02 Å². The van der Waals surface area contributed by atoms with E-state index in [1.807, 2.05) is 6.07 Å². The Hall–Kier alpha value is -4.22. The van der Waals surface area contributed by atoms with E-state index in [-0.39, 0.29) is 17.2 Å². The third-order valence-electron chi connectivity index (χ3n) is 4.18. The van der Waals surface area contributed by atoms with E-state index < -0.39 is 17.6 Å². The second-order valence-corrected chi connectivity index (χ2v) is 6.81. The molecule has 160 valence electrons. The average molecular weight is 451 g/mol. The van der Waals surface area contributed by atoms with Crippen LogP contribution < -0.4 is 15.5 Å². The Balaban J connectivity index is 1.49. The molecule has 0 aliphatic carbocycles. The fraction of sp³-hybridized carbons (Fsp3) is 0.0435. The van der Waals surface area contributed by atoms with Crippen molar-refractivity contribution in [1.82, 2.24) is 5.43 Å². The summed E-state index contributed by atoms with van der Waals surface area (Å²) in [6.07, 6.45) is 1.35. The quantitative estimate of drug-likeness (QED) is 0.336. The number of hydrogen-bond donors (Lipinski definition) is 2. The van der Waals surface area contributed by atoms with Crippen LogP contribution in [0, 0.1) is 17.1 Å². The number of nitriles is 1. The van der Waals surface area contributed by atoms with E-state index in [2.05, 4.69) is 15.8 Å². The fourth-order valence-electron chi connectivity index (χ4n) is 2.51. The van der Waals surface area contributed by atoms with Crippen LogP contribution in [0.25, 0.3) is 0 Å². The van der Waals surface area contributed by atoms with Crippen molar-refractivity contribution in [1.29, 1.82) is 5.26 Å². The van der Waals surface area contributed by atoms with Crippen molar-refractivity contribution >= 4 is 35.3 Å². The minimum Gasteiger partial charge on any atom is -0.489 e. The first-order valence-corrected chi connectivity index (χ1v) is 9.64. The van der Waals surface area contributed by atoms with E-state index in [1.165, 1.54) is 42.6 Å². The fourth-order valence-corrected chi connectivity index (χ4v) is 2.73. The van der Waals surface area contributed by atoms with Crippen molar-refractivity contribution in [2.24, 2.45) is 5.10 Å². The minimum absolute atomic E-state index is 0.0245. The monoisotopic (exact) mass is 450 g/mol. The average Bonchev–Trinajstić information content (AvgIpc) is 2.80. The highest BCUT2D eigenvalue weighted by Gasteiger charge is 2.12. The van der Waals surface area contributed by atoms with Gasteiger partial charge in [-0.2, -0.15) is 10.4 Å². The Morgan fingerprint density at radius 2 is 1.78 bits per heavy atom. The third kappa shape index (κ3) is 6.14. The van der Waals surface area contributed by atoms with E-state index in [0.29, 0.717) is 22.6 Å². The molecule has 9 heteroatoms. The molecule has 2 N–H and O–H groups in total. The first kappa shape index (κ1) is 22.5. The summed E-state index contributed by atoms with van der Waals surface area (Å²) in [4.78, 5) is 23.7. The number of nitrogens with zero attached hydrogens (tertiary/aromatic N) is 2. The molecule has 0 unspecified atom stereocenters. The molecular weight excluding hydrogens is 435 g/mol. The molecule has 0 aromatic heterocycles. The zero-order chi connectivity index (χ0) is 22.9. The van der Waals surface area contributed by atoms with Crippen molar-refractivity contribution in [2.75, 3.05) is 5.32 Å². The van der Waals surface area contributed by atoms with Crippen LogP contribution in [0.3, 0.4) is 0 Å². The second kappa shape index (κ2) is 10.7. The Morgan fingerprint density at radius 1 is 1.06 bits per heavy atom. The lowest BCUT2D eigenvalue weighted by Gasteiger charge is -2.09. The molecule has 32 heavy (non-hydrogen) atoms. The van der Waals surface area contributed by atoms with Gasteiger partial charge < -0.3 is 10.1 Å². The highest BCUT2D eigenvalue weighted by molar-refractivity contribution is 6.39. The Kier molecular flexibility index (Phi) is 7.51. The highest BCUT2D eigenvalue weighted by Crippen LogP contribution is 2.21. The van der Waals surface area contributed by atoms with Crippen LogP contribution in [0.5, 0.6) is 5.75 Å². The summed E-state index contributed by atoms with van der Waals surface area (Å²) in [6.45, 7) is -0.0245. The highest BCUT2D eigenvalue weighted by atomic mass is 35.5. The normalized spacial score (nSPS) is 10.4. The molecular formula is C23H16ClFN4O3. The predicted molar refractivity (Wildman–Crippen MR) is 118 cm³/mol. The number of nitrogens with one attached hydrogen (secondary N) is 2. The second-order valence-electron chi connectivity index (χ2n) is 6.40. The van der Waals surface area contributed by atoms with Crippen LogP contribution in [0.1, 0.15) is 16.7 Å². The van der Waals surface area contributed by atoms with Crippen molar-refractivity contribution in [2.45, 2.75) is 6.61 Å². The predicted octanol–water partition coefficient (Wildman–Crippen LogP) is 4.02. The number of benzene rings is 3. The van der Waals surface area contributed by atoms with Gasteiger partial charge in [0, 0.05) is 11.3 Å². The molecule has 2 amide bonds. The van der Waals surface area contributed by atoms with Crippen molar-refractivity contribution in [3.05, 3.63) is 94.3 Å².